The molecule has 0 spiro atoms. The number of hydrogen-bond donors (Lipinski definition) is 1. The number of imidazole rings is 1. The Morgan fingerprint density at radius 2 is 1.55 bits per heavy atom. The van der Waals surface area contributed by atoms with E-state index in [9.17, 15) is 9.59 Å². The van der Waals surface area contributed by atoms with Gasteiger partial charge < -0.3 is 28.5 Å². The highest BCUT2D eigenvalue weighted by atomic mass is 28.3. The fraction of sp³-hybridized carbons (Fsp3) is 0.615. The van der Waals surface area contributed by atoms with E-state index in [0.29, 0.717) is 44.6 Å². The van der Waals surface area contributed by atoms with Crippen molar-refractivity contribution in [3.8, 4) is 22.6 Å². The Bertz CT molecular complexity index is 1780. The molecule has 0 aliphatic carbocycles. The summed E-state index contributed by atoms with van der Waals surface area (Å²) in [5.74, 6) is 2.70. The van der Waals surface area contributed by atoms with Crippen LogP contribution in [0.25, 0.3) is 22.6 Å². The van der Waals surface area contributed by atoms with Crippen molar-refractivity contribution in [2.75, 3.05) is 33.0 Å². The summed E-state index contributed by atoms with van der Waals surface area (Å²) < 4.78 is 24.1. The zero-order chi connectivity index (χ0) is 38.1. The topological polar surface area (TPSA) is 139 Å². The molecule has 3 atom stereocenters. The van der Waals surface area contributed by atoms with Crippen LogP contribution in [0.4, 0.5) is 9.59 Å². The van der Waals surface area contributed by atoms with Crippen molar-refractivity contribution in [2.45, 2.75) is 122 Å². The number of H-pyrrole nitrogens is 1. The van der Waals surface area contributed by atoms with Crippen molar-refractivity contribution in [1.29, 1.82) is 0 Å². The number of oxazole rings is 1. The first kappa shape index (κ1) is 38.5. The Balaban J connectivity index is 1.19. The molecule has 14 heteroatoms. The van der Waals surface area contributed by atoms with Crippen LogP contribution >= 0.6 is 0 Å². The van der Waals surface area contributed by atoms with E-state index in [0.717, 1.165) is 60.2 Å². The van der Waals surface area contributed by atoms with Gasteiger partial charge in [0.25, 0.3) is 0 Å². The SMILES string of the molecule is CC(C)(C)OC(=O)N1CCC[C@H]1C1=NC(c2ncc(-c3cccc(-c4cnc([C@@H]5CCCN5C(=O)OC(C)(C)C)[nH]4)c3)o2)CN1COCC[Si](C)(C)C. The van der Waals surface area contributed by atoms with Crippen molar-refractivity contribution in [3.05, 3.63) is 48.4 Å². The number of nitrogens with one attached hydrogen (secondary N) is 1. The fourth-order valence-electron chi connectivity index (χ4n) is 6.92. The second kappa shape index (κ2) is 15.3. The minimum atomic E-state index is -1.26. The number of carbonyl (C=O) groups excluding carboxylic acids is 2. The third-order valence-electron chi connectivity index (χ3n) is 9.49. The van der Waals surface area contributed by atoms with E-state index >= 15 is 0 Å². The van der Waals surface area contributed by atoms with E-state index in [4.69, 9.17) is 28.6 Å². The molecule has 1 aromatic carbocycles. The Hall–Kier alpha value is -4.17. The van der Waals surface area contributed by atoms with Gasteiger partial charge in [-0.15, -0.1) is 0 Å². The highest BCUT2D eigenvalue weighted by molar-refractivity contribution is 6.76. The summed E-state index contributed by atoms with van der Waals surface area (Å²) in [5, 5.41) is 0. The molecule has 2 amide bonds. The van der Waals surface area contributed by atoms with E-state index in [1.54, 1.807) is 16.0 Å². The van der Waals surface area contributed by atoms with Gasteiger partial charge in [0.05, 0.1) is 36.7 Å². The van der Waals surface area contributed by atoms with Gasteiger partial charge in [0.2, 0.25) is 5.89 Å². The molecule has 53 heavy (non-hydrogen) atoms. The molecule has 13 nitrogen and oxygen atoms in total. The first-order valence-electron chi connectivity index (χ1n) is 19.0. The Morgan fingerprint density at radius 3 is 2.21 bits per heavy atom. The lowest BCUT2D eigenvalue weighted by Crippen LogP contribution is -2.48. The second-order valence-electron chi connectivity index (χ2n) is 17.6. The average molecular weight is 748 g/mol. The number of carbonyl (C=O) groups is 2. The van der Waals surface area contributed by atoms with Crippen LogP contribution < -0.4 is 0 Å². The molecule has 3 aliphatic heterocycles. The molecular weight excluding hydrogens is 691 g/mol. The van der Waals surface area contributed by atoms with Crippen LogP contribution in [0.15, 0.2) is 46.1 Å². The number of amidine groups is 1. The standard InChI is InChI=1S/C39H57N7O6Si/c1-38(2,3)51-36(47)45-17-11-15-30(45)33-40-22-28(42-33)26-13-10-14-27(21-26)32-23-41-35(50-32)29-24-44(25-49-19-20-53(7,8)9)34(43-29)31-16-12-18-46(31)37(48)52-39(4,5)6/h10,13-14,21-23,29-31H,11-12,15-20,24-25H2,1-9H3,(H,40,42)/t29?,30-,31-/m0/s1. The number of rotatable bonds is 10. The first-order chi connectivity index (χ1) is 24.9. The third kappa shape index (κ3) is 9.69. The number of ether oxygens (including phenoxy) is 3. The van der Waals surface area contributed by atoms with Crippen molar-refractivity contribution >= 4 is 26.1 Å². The molecule has 0 bridgehead atoms. The van der Waals surface area contributed by atoms with Gasteiger partial charge in [-0.1, -0.05) is 37.8 Å². The van der Waals surface area contributed by atoms with E-state index in [-0.39, 0.29) is 30.3 Å². The van der Waals surface area contributed by atoms with Gasteiger partial charge >= 0.3 is 12.2 Å². The lowest BCUT2D eigenvalue weighted by molar-refractivity contribution is 0.0215. The monoisotopic (exact) mass is 747 g/mol. The van der Waals surface area contributed by atoms with Crippen LogP contribution in [0, 0.1) is 0 Å². The number of aromatic nitrogens is 3. The number of benzene rings is 1. The summed E-state index contributed by atoms with van der Waals surface area (Å²) in [6.07, 6.45) is 6.30. The normalized spacial score (nSPS) is 21.0. The number of likely N-dealkylation sites (tertiary alicyclic amines) is 2. The summed E-state index contributed by atoms with van der Waals surface area (Å²) in [7, 11) is -1.26. The predicted octanol–water partition coefficient (Wildman–Crippen LogP) is 8.27. The van der Waals surface area contributed by atoms with Crippen LogP contribution in [-0.2, 0) is 14.2 Å². The number of amides is 2. The van der Waals surface area contributed by atoms with Crippen LogP contribution in [0.2, 0.25) is 25.7 Å². The van der Waals surface area contributed by atoms with Crippen LogP contribution in [0.3, 0.4) is 0 Å². The van der Waals surface area contributed by atoms with E-state index in [1.165, 1.54) is 0 Å². The zero-order valence-electron chi connectivity index (χ0n) is 32.9. The maximum absolute atomic E-state index is 13.2. The quantitative estimate of drug-likeness (QED) is 0.160. The Morgan fingerprint density at radius 1 is 0.906 bits per heavy atom. The van der Waals surface area contributed by atoms with Gasteiger partial charge in [-0.25, -0.2) is 19.6 Å². The summed E-state index contributed by atoms with van der Waals surface area (Å²) in [4.78, 5) is 49.8. The van der Waals surface area contributed by atoms with Crippen LogP contribution in [0.5, 0.6) is 0 Å². The number of aliphatic imine (C=N–C) groups is 1. The van der Waals surface area contributed by atoms with Gasteiger partial charge in [-0.05, 0) is 79.3 Å². The molecule has 3 aliphatic rings. The lowest BCUT2D eigenvalue weighted by atomic mass is 10.1. The highest BCUT2D eigenvalue weighted by Gasteiger charge is 2.42. The third-order valence-corrected chi connectivity index (χ3v) is 11.2. The number of nitrogens with zero attached hydrogens (tertiary/aromatic N) is 6. The molecule has 6 rings (SSSR count). The minimum Gasteiger partial charge on any atom is -0.444 e. The molecule has 288 valence electrons. The number of hydrogen-bond acceptors (Lipinski definition) is 10. The molecule has 2 saturated heterocycles. The second-order valence-corrected chi connectivity index (χ2v) is 23.2. The summed E-state index contributed by atoms with van der Waals surface area (Å²) in [6, 6.07) is 8.38. The van der Waals surface area contributed by atoms with Crippen LogP contribution in [0.1, 0.15) is 91.0 Å². The minimum absolute atomic E-state index is 0.166. The lowest BCUT2D eigenvalue weighted by Gasteiger charge is -2.31. The average Bonchev–Trinajstić information content (AvgIpc) is 3.90. The zero-order valence-corrected chi connectivity index (χ0v) is 33.9. The summed E-state index contributed by atoms with van der Waals surface area (Å²) in [6.45, 7) is 21.2. The van der Waals surface area contributed by atoms with Gasteiger partial charge in [-0.2, -0.15) is 0 Å². The molecule has 0 saturated carbocycles. The highest BCUT2D eigenvalue weighted by Crippen LogP contribution is 2.35. The maximum Gasteiger partial charge on any atom is 0.410 e. The molecule has 1 unspecified atom stereocenters. The molecule has 0 radical (unpaired) electrons. The van der Waals surface area contributed by atoms with E-state index < -0.39 is 19.3 Å². The summed E-state index contributed by atoms with van der Waals surface area (Å²) >= 11 is 0. The summed E-state index contributed by atoms with van der Waals surface area (Å²) in [5.41, 5.74) is 1.50. The van der Waals surface area contributed by atoms with E-state index in [2.05, 4.69) is 34.5 Å². The molecule has 3 aromatic rings. The van der Waals surface area contributed by atoms with Gasteiger partial charge in [0.1, 0.15) is 35.6 Å². The molecule has 5 heterocycles. The van der Waals surface area contributed by atoms with E-state index in [1.807, 2.05) is 72.0 Å². The molecular formula is C39H57N7O6Si. The van der Waals surface area contributed by atoms with Crippen molar-refractivity contribution in [2.24, 2.45) is 4.99 Å². The smallest absolute Gasteiger partial charge is 0.410 e. The fourth-order valence-corrected chi connectivity index (χ4v) is 7.68. The molecule has 1 N–H and O–H groups in total. The maximum atomic E-state index is 13.2. The van der Waals surface area contributed by atoms with Gasteiger partial charge in [0, 0.05) is 38.9 Å². The first-order valence-corrected chi connectivity index (χ1v) is 22.7. The predicted molar refractivity (Wildman–Crippen MR) is 206 cm³/mol. The molecule has 2 aromatic heterocycles. The van der Waals surface area contributed by atoms with Crippen molar-refractivity contribution < 1.29 is 28.2 Å². The van der Waals surface area contributed by atoms with Gasteiger partial charge in [0.15, 0.2) is 5.76 Å². The largest absolute Gasteiger partial charge is 0.444 e. The number of aromatic amines is 1. The van der Waals surface area contributed by atoms with Crippen LogP contribution in [-0.4, -0.2) is 106 Å². The Labute approximate surface area is 314 Å². The van der Waals surface area contributed by atoms with Gasteiger partial charge in [-0.3, -0.25) is 14.8 Å². The van der Waals surface area contributed by atoms with Crippen molar-refractivity contribution in [1.82, 2.24) is 29.7 Å². The molecule has 2 fully saturated rings. The Kier molecular flexibility index (Phi) is 11.1. The van der Waals surface area contributed by atoms with Crippen molar-refractivity contribution in [3.63, 3.8) is 0 Å².